The van der Waals surface area contributed by atoms with Crippen molar-refractivity contribution in [2.45, 2.75) is 32.2 Å². The van der Waals surface area contributed by atoms with Crippen molar-refractivity contribution in [3.63, 3.8) is 0 Å². The number of halogens is 1. The second-order valence-corrected chi connectivity index (χ2v) is 4.17. The van der Waals surface area contributed by atoms with Gasteiger partial charge < -0.3 is 4.98 Å². The van der Waals surface area contributed by atoms with Crippen LogP contribution in [0, 0.1) is 0 Å². The number of hydrogen-bond donors (Lipinski definition) is 1. The van der Waals surface area contributed by atoms with Crippen molar-refractivity contribution >= 4 is 15.9 Å². The van der Waals surface area contributed by atoms with E-state index in [2.05, 4.69) is 20.9 Å². The topological polar surface area (TPSA) is 54.9 Å². The van der Waals surface area contributed by atoms with Crippen LogP contribution in [0.2, 0.25) is 0 Å². The van der Waals surface area contributed by atoms with Gasteiger partial charge in [-0.25, -0.2) is 4.79 Å². The van der Waals surface area contributed by atoms with Crippen molar-refractivity contribution in [1.29, 1.82) is 0 Å². The fourth-order valence-corrected chi connectivity index (χ4v) is 1.78. The van der Waals surface area contributed by atoms with E-state index in [1.54, 1.807) is 0 Å². The van der Waals surface area contributed by atoms with Gasteiger partial charge in [-0.15, -0.1) is 0 Å². The third kappa shape index (κ3) is 4.03. The van der Waals surface area contributed by atoms with Crippen LogP contribution in [0.3, 0.4) is 0 Å². The molecule has 15 heavy (non-hydrogen) atoms. The largest absolute Gasteiger partial charge is 0.328 e. The molecule has 0 aliphatic carbocycles. The highest BCUT2D eigenvalue weighted by atomic mass is 79.9. The van der Waals surface area contributed by atoms with Crippen molar-refractivity contribution in [2.75, 3.05) is 5.33 Å². The van der Waals surface area contributed by atoms with Crippen LogP contribution >= 0.6 is 15.9 Å². The van der Waals surface area contributed by atoms with E-state index in [-0.39, 0.29) is 11.2 Å². The third-order valence-electron chi connectivity index (χ3n) is 2.21. The Hall–Kier alpha value is -0.840. The van der Waals surface area contributed by atoms with E-state index in [1.807, 2.05) is 0 Å². The van der Waals surface area contributed by atoms with Crippen LogP contribution in [0.1, 0.15) is 25.7 Å². The Labute approximate surface area is 96.5 Å². The van der Waals surface area contributed by atoms with Gasteiger partial charge in [0.25, 0.3) is 5.56 Å². The number of nitrogens with one attached hydrogen (secondary N) is 1. The molecule has 1 aromatic rings. The average molecular weight is 275 g/mol. The number of aromatic nitrogens is 2. The fraction of sp³-hybridized carbons (Fsp3) is 0.600. The molecule has 0 spiro atoms. The number of rotatable bonds is 6. The van der Waals surface area contributed by atoms with Crippen LogP contribution in [-0.4, -0.2) is 14.9 Å². The molecule has 1 N–H and O–H groups in total. The van der Waals surface area contributed by atoms with Gasteiger partial charge in [0.1, 0.15) is 0 Å². The molecule has 1 rings (SSSR count). The summed E-state index contributed by atoms with van der Waals surface area (Å²) in [5, 5.41) is 1.01. The molecule has 0 radical (unpaired) electrons. The Bertz CT molecular complexity index is 369. The summed E-state index contributed by atoms with van der Waals surface area (Å²) in [6, 6.07) is 1.37. The molecule has 0 bridgehead atoms. The van der Waals surface area contributed by atoms with E-state index in [0.717, 1.165) is 31.0 Å². The number of aromatic amines is 1. The van der Waals surface area contributed by atoms with Crippen molar-refractivity contribution in [3.05, 3.63) is 33.1 Å². The Morgan fingerprint density at radius 3 is 2.60 bits per heavy atom. The molecule has 0 aromatic carbocycles. The Morgan fingerprint density at radius 2 is 1.93 bits per heavy atom. The van der Waals surface area contributed by atoms with E-state index >= 15 is 0 Å². The molecule has 0 saturated heterocycles. The van der Waals surface area contributed by atoms with Gasteiger partial charge in [-0.1, -0.05) is 28.8 Å². The zero-order valence-electron chi connectivity index (χ0n) is 8.54. The number of nitrogens with zero attached hydrogens (tertiary/aromatic N) is 1. The molecule has 0 unspecified atom stereocenters. The van der Waals surface area contributed by atoms with Crippen molar-refractivity contribution in [3.8, 4) is 0 Å². The summed E-state index contributed by atoms with van der Waals surface area (Å²) in [5.74, 6) is 0. The number of hydrogen-bond acceptors (Lipinski definition) is 2. The highest BCUT2D eigenvalue weighted by Gasteiger charge is 1.98. The van der Waals surface area contributed by atoms with Crippen molar-refractivity contribution < 1.29 is 0 Å². The first kappa shape index (κ1) is 12.2. The van der Waals surface area contributed by atoms with E-state index in [1.165, 1.54) is 16.8 Å². The molecular formula is C10H15BrN2O2. The quantitative estimate of drug-likeness (QED) is 0.631. The van der Waals surface area contributed by atoms with E-state index < -0.39 is 0 Å². The maximum absolute atomic E-state index is 11.3. The van der Waals surface area contributed by atoms with Crippen LogP contribution in [0.15, 0.2) is 21.9 Å². The maximum Gasteiger partial charge on any atom is 0.328 e. The number of unbranched alkanes of at least 4 members (excludes halogenated alkanes) is 3. The highest BCUT2D eigenvalue weighted by Crippen LogP contribution is 2.02. The second kappa shape index (κ2) is 6.61. The fourth-order valence-electron chi connectivity index (χ4n) is 1.38. The molecule has 1 aromatic heterocycles. The zero-order chi connectivity index (χ0) is 11.1. The summed E-state index contributed by atoms with van der Waals surface area (Å²) < 4.78 is 1.24. The van der Waals surface area contributed by atoms with Crippen LogP contribution in [0.25, 0.3) is 0 Å². The third-order valence-corrected chi connectivity index (χ3v) is 2.77. The summed E-state index contributed by atoms with van der Waals surface area (Å²) in [4.78, 5) is 25.0. The van der Waals surface area contributed by atoms with Crippen molar-refractivity contribution in [1.82, 2.24) is 9.55 Å². The van der Waals surface area contributed by atoms with Crippen LogP contribution < -0.4 is 11.2 Å². The first-order valence-electron chi connectivity index (χ1n) is 5.10. The SMILES string of the molecule is O=c1cc[nH]c(=O)n1CCCCCCBr. The molecular weight excluding hydrogens is 260 g/mol. The lowest BCUT2D eigenvalue weighted by Gasteiger charge is -2.02. The highest BCUT2D eigenvalue weighted by molar-refractivity contribution is 9.09. The lowest BCUT2D eigenvalue weighted by Crippen LogP contribution is -2.33. The minimum absolute atomic E-state index is 0.223. The van der Waals surface area contributed by atoms with Crippen LogP contribution in [-0.2, 0) is 6.54 Å². The molecule has 0 fully saturated rings. The predicted molar refractivity (Wildman–Crippen MR) is 63.6 cm³/mol. The van der Waals surface area contributed by atoms with Gasteiger partial charge in [-0.2, -0.15) is 0 Å². The summed E-state index contributed by atoms with van der Waals surface area (Å²) in [6.07, 6.45) is 5.57. The second-order valence-electron chi connectivity index (χ2n) is 3.38. The average Bonchev–Trinajstić information content (AvgIpc) is 2.21. The smallest absolute Gasteiger partial charge is 0.314 e. The molecule has 4 nitrogen and oxygen atoms in total. The normalized spacial score (nSPS) is 10.5. The molecule has 84 valence electrons. The zero-order valence-corrected chi connectivity index (χ0v) is 10.1. The van der Waals surface area contributed by atoms with Crippen LogP contribution in [0.4, 0.5) is 0 Å². The molecule has 0 amide bonds. The van der Waals surface area contributed by atoms with E-state index in [0.29, 0.717) is 6.54 Å². The van der Waals surface area contributed by atoms with Gasteiger partial charge in [0, 0.05) is 24.1 Å². The predicted octanol–water partition coefficient (Wildman–Crippen LogP) is 1.49. The first-order valence-corrected chi connectivity index (χ1v) is 6.22. The summed E-state index contributed by atoms with van der Waals surface area (Å²) in [6.45, 7) is 0.511. The Morgan fingerprint density at radius 1 is 1.20 bits per heavy atom. The lowest BCUT2D eigenvalue weighted by molar-refractivity contribution is 0.551. The van der Waals surface area contributed by atoms with Crippen molar-refractivity contribution in [2.24, 2.45) is 0 Å². The maximum atomic E-state index is 11.3. The first-order chi connectivity index (χ1) is 7.25. The number of alkyl halides is 1. The molecule has 1 heterocycles. The van der Waals surface area contributed by atoms with Gasteiger partial charge in [0.15, 0.2) is 0 Å². The van der Waals surface area contributed by atoms with Crippen LogP contribution in [0.5, 0.6) is 0 Å². The molecule has 5 heteroatoms. The molecule has 0 aliphatic heterocycles. The minimum atomic E-state index is -0.317. The van der Waals surface area contributed by atoms with Gasteiger partial charge in [-0.3, -0.25) is 9.36 Å². The van der Waals surface area contributed by atoms with Gasteiger partial charge in [0.2, 0.25) is 0 Å². The standard InChI is InChI=1S/C10H15BrN2O2/c11-6-3-1-2-4-8-13-9(14)5-7-12-10(13)15/h5,7H,1-4,6,8H2,(H,12,15). The molecule has 0 atom stereocenters. The van der Waals surface area contributed by atoms with E-state index in [9.17, 15) is 9.59 Å². The van der Waals surface area contributed by atoms with Gasteiger partial charge >= 0.3 is 5.69 Å². The molecule has 0 aliphatic rings. The lowest BCUT2D eigenvalue weighted by atomic mass is 10.2. The summed E-state index contributed by atoms with van der Waals surface area (Å²) in [5.41, 5.74) is -0.540. The minimum Gasteiger partial charge on any atom is -0.314 e. The monoisotopic (exact) mass is 274 g/mol. The van der Waals surface area contributed by atoms with E-state index in [4.69, 9.17) is 0 Å². The Kier molecular flexibility index (Phi) is 5.39. The Balaban J connectivity index is 2.44. The summed E-state index contributed by atoms with van der Waals surface area (Å²) in [7, 11) is 0. The summed E-state index contributed by atoms with van der Waals surface area (Å²) >= 11 is 3.36. The van der Waals surface area contributed by atoms with Gasteiger partial charge in [0.05, 0.1) is 0 Å². The number of H-pyrrole nitrogens is 1. The van der Waals surface area contributed by atoms with Gasteiger partial charge in [-0.05, 0) is 12.8 Å². The molecule has 0 saturated carbocycles.